The molecule has 59 valence electrons. The second-order valence-corrected chi connectivity index (χ2v) is 1.71. The van der Waals surface area contributed by atoms with Gasteiger partial charge in [0.05, 0.1) is 6.61 Å². The van der Waals surface area contributed by atoms with E-state index in [1.807, 2.05) is 0 Å². The van der Waals surface area contributed by atoms with E-state index < -0.39 is 0 Å². The van der Waals surface area contributed by atoms with Crippen LogP contribution >= 0.6 is 0 Å². The summed E-state index contributed by atoms with van der Waals surface area (Å²) in [6.07, 6.45) is -0.118. The van der Waals surface area contributed by atoms with E-state index in [9.17, 15) is 4.79 Å². The number of carbonyl (C=O) groups is 1. The molecule has 0 aliphatic carbocycles. The summed E-state index contributed by atoms with van der Waals surface area (Å²) in [6.45, 7) is 3.10. The number of hydrogen-bond acceptors (Lipinski definition) is 4. The monoisotopic (exact) mass is 147 g/mol. The van der Waals surface area contributed by atoms with Gasteiger partial charge in [-0.25, -0.2) is 0 Å². The highest BCUT2D eigenvalue weighted by Crippen LogP contribution is 1.91. The average Bonchev–Trinajstić information content (AvgIpc) is 1.79. The molecular formula is C6H11O4. The van der Waals surface area contributed by atoms with Crippen LogP contribution in [-0.4, -0.2) is 24.3 Å². The van der Waals surface area contributed by atoms with Gasteiger partial charge in [0, 0.05) is 6.92 Å². The Labute approximate surface area is 59.7 Å². The number of carbonyl (C=O) groups excluding carboxylic acids is 1. The topological polar surface area (TPSA) is 55.8 Å². The molecule has 0 amide bonds. The van der Waals surface area contributed by atoms with Gasteiger partial charge in [0.1, 0.15) is 6.61 Å². The second-order valence-electron chi connectivity index (χ2n) is 1.71. The molecule has 4 heteroatoms. The predicted molar refractivity (Wildman–Crippen MR) is 33.4 cm³/mol. The first kappa shape index (κ1) is 9.39. The third kappa shape index (κ3) is 7.39. The molecule has 0 unspecified atom stereocenters. The van der Waals surface area contributed by atoms with Gasteiger partial charge >= 0.3 is 5.97 Å². The van der Waals surface area contributed by atoms with E-state index in [1.165, 1.54) is 13.8 Å². The van der Waals surface area contributed by atoms with Crippen molar-refractivity contribution in [3.8, 4) is 0 Å². The van der Waals surface area contributed by atoms with Crippen LogP contribution in [0, 0.1) is 6.29 Å². The first-order valence-electron chi connectivity index (χ1n) is 2.91. The van der Waals surface area contributed by atoms with E-state index >= 15 is 0 Å². The van der Waals surface area contributed by atoms with Crippen molar-refractivity contribution in [2.45, 2.75) is 13.8 Å². The van der Waals surface area contributed by atoms with Crippen molar-refractivity contribution in [2.75, 3.05) is 13.2 Å². The van der Waals surface area contributed by atoms with Gasteiger partial charge in [-0.3, -0.25) is 4.79 Å². The lowest BCUT2D eigenvalue weighted by atomic mass is 10.7. The fourth-order valence-electron chi connectivity index (χ4n) is 0.375. The number of aliphatic hydroxyl groups excluding tert-OH is 1. The second kappa shape index (κ2) is 5.20. The van der Waals surface area contributed by atoms with Gasteiger partial charge in [-0.15, -0.1) is 0 Å². The minimum atomic E-state index is -0.348. The van der Waals surface area contributed by atoms with Crippen LogP contribution in [-0.2, 0) is 14.3 Å². The standard InChI is InChI=1S/C6H11O4/c1-5(7)9-3-4-10-6(2)8/h7H,3-4H2,1-2H3. The number of aliphatic hydroxyl groups is 1. The lowest BCUT2D eigenvalue weighted by molar-refractivity contribution is -0.143. The van der Waals surface area contributed by atoms with E-state index in [1.54, 1.807) is 0 Å². The lowest BCUT2D eigenvalue weighted by Gasteiger charge is -2.04. The number of rotatable bonds is 4. The van der Waals surface area contributed by atoms with Crippen LogP contribution in [0.25, 0.3) is 0 Å². The van der Waals surface area contributed by atoms with Gasteiger partial charge in [-0.1, -0.05) is 0 Å². The number of hydrogen-bond donors (Lipinski definition) is 1. The normalized spacial score (nSPS) is 10.0. The molecule has 1 radical (unpaired) electrons. The maximum absolute atomic E-state index is 10.1. The summed E-state index contributed by atoms with van der Waals surface area (Å²) in [5, 5.41) is 8.47. The fraction of sp³-hybridized carbons (Fsp3) is 0.667. The Morgan fingerprint density at radius 2 is 1.80 bits per heavy atom. The molecule has 0 heterocycles. The molecule has 0 aliphatic rings. The maximum atomic E-state index is 10.1. The molecule has 0 rings (SSSR count). The van der Waals surface area contributed by atoms with Crippen LogP contribution in [0.2, 0.25) is 0 Å². The highest BCUT2D eigenvalue weighted by molar-refractivity contribution is 5.65. The first-order chi connectivity index (χ1) is 4.63. The Kier molecular flexibility index (Phi) is 4.88. The Bertz CT molecular complexity index is 99.9. The molecule has 0 spiro atoms. The third-order valence-corrected chi connectivity index (χ3v) is 0.700. The fourth-order valence-corrected chi connectivity index (χ4v) is 0.375. The van der Waals surface area contributed by atoms with E-state index in [-0.39, 0.29) is 25.5 Å². The van der Waals surface area contributed by atoms with Crippen LogP contribution in [0.4, 0.5) is 0 Å². The Morgan fingerprint density at radius 1 is 1.30 bits per heavy atom. The van der Waals surface area contributed by atoms with Gasteiger partial charge in [-0.05, 0) is 6.92 Å². The number of ether oxygens (including phenoxy) is 2. The zero-order valence-electron chi connectivity index (χ0n) is 6.09. The van der Waals surface area contributed by atoms with Crippen LogP contribution in [0.15, 0.2) is 0 Å². The van der Waals surface area contributed by atoms with Gasteiger partial charge in [0.25, 0.3) is 0 Å². The van der Waals surface area contributed by atoms with E-state index in [0.717, 1.165) is 0 Å². The molecule has 0 bridgehead atoms. The number of esters is 1. The van der Waals surface area contributed by atoms with Gasteiger partial charge in [-0.2, -0.15) is 0 Å². The quantitative estimate of drug-likeness (QED) is 0.463. The summed E-state index contributed by atoms with van der Waals surface area (Å²) in [5.74, 6) is -0.348. The Balaban J connectivity index is 2.98. The van der Waals surface area contributed by atoms with Gasteiger partial charge in [0.15, 0.2) is 0 Å². The summed E-state index contributed by atoms with van der Waals surface area (Å²) in [4.78, 5) is 10.1. The minimum Gasteiger partial charge on any atom is -0.463 e. The molecular weight excluding hydrogens is 136 g/mol. The smallest absolute Gasteiger partial charge is 0.302 e. The molecule has 1 N–H and O–H groups in total. The Hall–Kier alpha value is -0.610. The van der Waals surface area contributed by atoms with Crippen molar-refractivity contribution >= 4 is 5.97 Å². The minimum absolute atomic E-state index is 0.118. The molecule has 10 heavy (non-hydrogen) atoms. The molecule has 0 aromatic carbocycles. The molecule has 4 nitrogen and oxygen atoms in total. The van der Waals surface area contributed by atoms with E-state index in [4.69, 9.17) is 5.11 Å². The molecule has 0 fully saturated rings. The van der Waals surface area contributed by atoms with Gasteiger partial charge in [0.2, 0.25) is 6.29 Å². The molecule has 0 aromatic heterocycles. The molecule has 0 atom stereocenters. The van der Waals surface area contributed by atoms with Crippen molar-refractivity contribution in [2.24, 2.45) is 0 Å². The van der Waals surface area contributed by atoms with Gasteiger partial charge < -0.3 is 14.6 Å². The summed E-state index contributed by atoms with van der Waals surface area (Å²) >= 11 is 0. The highest BCUT2D eigenvalue weighted by atomic mass is 16.6. The van der Waals surface area contributed by atoms with E-state index in [2.05, 4.69) is 9.47 Å². The summed E-state index contributed by atoms with van der Waals surface area (Å²) < 4.78 is 9.09. The SMILES string of the molecule is C[C](O)OCCOC(C)=O. The summed E-state index contributed by atoms with van der Waals surface area (Å²) in [7, 11) is 0. The van der Waals surface area contributed by atoms with Crippen molar-refractivity contribution < 1.29 is 19.4 Å². The van der Waals surface area contributed by atoms with Crippen LogP contribution < -0.4 is 0 Å². The van der Waals surface area contributed by atoms with Crippen molar-refractivity contribution in [3.05, 3.63) is 6.29 Å². The summed E-state index contributed by atoms with van der Waals surface area (Å²) in [6, 6.07) is 0. The third-order valence-electron chi connectivity index (χ3n) is 0.700. The molecule has 0 saturated carbocycles. The van der Waals surface area contributed by atoms with E-state index in [0.29, 0.717) is 0 Å². The molecule has 0 aromatic rings. The zero-order chi connectivity index (χ0) is 7.98. The highest BCUT2D eigenvalue weighted by Gasteiger charge is 1.96. The lowest BCUT2D eigenvalue weighted by Crippen LogP contribution is -2.09. The first-order valence-corrected chi connectivity index (χ1v) is 2.91. The van der Waals surface area contributed by atoms with Crippen LogP contribution in [0.1, 0.15) is 13.8 Å². The molecule has 0 saturated heterocycles. The summed E-state index contributed by atoms with van der Waals surface area (Å²) in [5.41, 5.74) is 0. The zero-order valence-corrected chi connectivity index (χ0v) is 6.09. The van der Waals surface area contributed by atoms with Crippen molar-refractivity contribution in [1.82, 2.24) is 0 Å². The molecule has 0 aliphatic heterocycles. The van der Waals surface area contributed by atoms with Crippen LogP contribution in [0.3, 0.4) is 0 Å². The predicted octanol–water partition coefficient (Wildman–Crippen LogP) is 0.448. The largest absolute Gasteiger partial charge is 0.463 e. The Morgan fingerprint density at radius 3 is 2.20 bits per heavy atom. The van der Waals surface area contributed by atoms with Crippen molar-refractivity contribution in [1.29, 1.82) is 0 Å². The average molecular weight is 147 g/mol. The van der Waals surface area contributed by atoms with Crippen molar-refractivity contribution in [3.63, 3.8) is 0 Å². The van der Waals surface area contributed by atoms with Crippen LogP contribution in [0.5, 0.6) is 0 Å². The maximum Gasteiger partial charge on any atom is 0.302 e.